The lowest BCUT2D eigenvalue weighted by Crippen LogP contribution is -2.14. The van der Waals surface area contributed by atoms with E-state index in [0.717, 1.165) is 22.5 Å². The van der Waals surface area contributed by atoms with Crippen LogP contribution in [0.2, 0.25) is 0 Å². The van der Waals surface area contributed by atoms with Crippen LogP contribution in [-0.2, 0) is 0 Å². The summed E-state index contributed by atoms with van der Waals surface area (Å²) in [7, 11) is 1.94. The number of carbonyl (C=O) groups is 2. The van der Waals surface area contributed by atoms with E-state index in [9.17, 15) is 9.59 Å². The molecular weight excluding hydrogens is 594 g/mol. The van der Waals surface area contributed by atoms with Gasteiger partial charge in [0.05, 0.1) is 36.7 Å². The molecule has 0 aliphatic heterocycles. The van der Waals surface area contributed by atoms with Gasteiger partial charge in [0, 0.05) is 42.3 Å². The molecule has 0 radical (unpaired) electrons. The summed E-state index contributed by atoms with van der Waals surface area (Å²) >= 11 is 0. The Labute approximate surface area is 271 Å². The highest BCUT2D eigenvalue weighted by Gasteiger charge is 2.11. The van der Waals surface area contributed by atoms with Gasteiger partial charge in [0.1, 0.15) is 12.1 Å². The van der Waals surface area contributed by atoms with Gasteiger partial charge in [-0.15, -0.1) is 0 Å². The standard InChI is InChI=1S/C19H18N4O.C16H13N5O2/c1-14-5-3-6-15(11-14)19(24)22-18-12-16(8-10-21-18)23(2)17-7-4-9-20-13-17;1-11-3-2-4-12(5-11)16(22)21-14-8-17-9-15(20-14)23-13-6-18-10-19-7-13/h3-13H,1-2H3,(H,21,22,24);2-10H,1H3,(H,20,21,22). The Morgan fingerprint density at radius 2 is 1.34 bits per heavy atom. The molecule has 2 amide bonds. The topological polar surface area (TPSA) is 148 Å². The van der Waals surface area contributed by atoms with Crippen LogP contribution in [0.5, 0.6) is 11.6 Å². The van der Waals surface area contributed by atoms with Crippen LogP contribution in [0.25, 0.3) is 0 Å². The van der Waals surface area contributed by atoms with Crippen molar-refractivity contribution in [1.82, 2.24) is 29.9 Å². The number of hydrogen-bond acceptors (Lipinski definition) is 10. The van der Waals surface area contributed by atoms with Gasteiger partial charge < -0.3 is 20.3 Å². The Morgan fingerprint density at radius 3 is 1.98 bits per heavy atom. The molecule has 12 heteroatoms. The van der Waals surface area contributed by atoms with Gasteiger partial charge in [-0.2, -0.15) is 4.98 Å². The van der Waals surface area contributed by atoms with Crippen molar-refractivity contribution >= 4 is 34.8 Å². The maximum atomic E-state index is 12.3. The van der Waals surface area contributed by atoms with Crippen molar-refractivity contribution in [3.8, 4) is 11.6 Å². The number of hydrogen-bond donors (Lipinski definition) is 2. The molecule has 0 saturated heterocycles. The number of aryl methyl sites for hydroxylation is 2. The number of carbonyl (C=O) groups excluding carboxylic acids is 2. The van der Waals surface area contributed by atoms with E-state index in [1.807, 2.05) is 80.4 Å². The lowest BCUT2D eigenvalue weighted by atomic mass is 10.1. The van der Waals surface area contributed by atoms with Crippen molar-refractivity contribution in [2.45, 2.75) is 13.8 Å². The minimum atomic E-state index is -0.261. The van der Waals surface area contributed by atoms with Gasteiger partial charge in [-0.3, -0.25) is 19.6 Å². The summed E-state index contributed by atoms with van der Waals surface area (Å²) in [6, 6.07) is 22.3. The number of ether oxygens (including phenoxy) is 1. The zero-order valence-electron chi connectivity index (χ0n) is 25.9. The second kappa shape index (κ2) is 15.4. The third kappa shape index (κ3) is 9.22. The molecule has 0 bridgehead atoms. The van der Waals surface area contributed by atoms with Crippen molar-refractivity contribution in [3.05, 3.63) is 145 Å². The minimum absolute atomic E-state index is 0.174. The molecule has 2 N–H and O–H groups in total. The predicted octanol–water partition coefficient (Wildman–Crippen LogP) is 6.42. The second-order valence-corrected chi connectivity index (χ2v) is 10.2. The SMILES string of the molecule is Cc1cccc(C(=O)Nc2cc(N(C)c3cccnc3)ccn2)c1.Cc1cccc(C(=O)Nc2cncc(Oc3cncnc3)n2)c1. The van der Waals surface area contributed by atoms with Gasteiger partial charge in [0.25, 0.3) is 11.8 Å². The molecule has 6 aromatic rings. The second-order valence-electron chi connectivity index (χ2n) is 10.2. The normalized spacial score (nSPS) is 10.2. The number of aromatic nitrogens is 6. The Morgan fingerprint density at radius 1 is 0.660 bits per heavy atom. The molecule has 0 aliphatic rings. The first-order valence-corrected chi connectivity index (χ1v) is 14.4. The zero-order chi connectivity index (χ0) is 33.0. The third-order valence-corrected chi connectivity index (χ3v) is 6.58. The highest BCUT2D eigenvalue weighted by molar-refractivity contribution is 6.04. The van der Waals surface area contributed by atoms with Crippen molar-refractivity contribution in [1.29, 1.82) is 0 Å². The van der Waals surface area contributed by atoms with Gasteiger partial charge >= 0.3 is 0 Å². The molecule has 0 aliphatic carbocycles. The Hall–Kier alpha value is -6.56. The van der Waals surface area contributed by atoms with Crippen molar-refractivity contribution in [3.63, 3.8) is 0 Å². The first-order chi connectivity index (χ1) is 22.8. The fourth-order valence-corrected chi connectivity index (χ4v) is 4.26. The smallest absolute Gasteiger partial charge is 0.256 e. The van der Waals surface area contributed by atoms with Crippen molar-refractivity contribution in [2.24, 2.45) is 0 Å². The van der Waals surface area contributed by atoms with E-state index in [-0.39, 0.29) is 17.7 Å². The molecule has 4 heterocycles. The van der Waals surface area contributed by atoms with Crippen molar-refractivity contribution < 1.29 is 14.3 Å². The molecule has 0 saturated carbocycles. The van der Waals surface area contributed by atoms with E-state index >= 15 is 0 Å². The number of pyridine rings is 2. The number of rotatable bonds is 8. The lowest BCUT2D eigenvalue weighted by Gasteiger charge is -2.19. The van der Waals surface area contributed by atoms with Crippen molar-refractivity contribution in [2.75, 3.05) is 22.6 Å². The fraction of sp³-hybridized carbons (Fsp3) is 0.0857. The maximum absolute atomic E-state index is 12.3. The summed E-state index contributed by atoms with van der Waals surface area (Å²) < 4.78 is 5.48. The van der Waals surface area contributed by atoms with Gasteiger partial charge in [-0.25, -0.2) is 15.0 Å². The molecule has 0 atom stereocenters. The quantitative estimate of drug-likeness (QED) is 0.194. The van der Waals surface area contributed by atoms with Crippen LogP contribution >= 0.6 is 0 Å². The number of amides is 2. The first-order valence-electron chi connectivity index (χ1n) is 14.4. The number of nitrogens with one attached hydrogen (secondary N) is 2. The molecule has 0 fully saturated rings. The molecule has 234 valence electrons. The van der Waals surface area contributed by atoms with Gasteiger partial charge in [0.15, 0.2) is 11.6 Å². The largest absolute Gasteiger partial charge is 0.434 e. The van der Waals surface area contributed by atoms with Gasteiger partial charge in [-0.1, -0.05) is 35.4 Å². The monoisotopic (exact) mass is 625 g/mol. The predicted molar refractivity (Wildman–Crippen MR) is 179 cm³/mol. The molecule has 4 aromatic heterocycles. The van der Waals surface area contributed by atoms with E-state index < -0.39 is 0 Å². The van der Waals surface area contributed by atoms with Crippen LogP contribution < -0.4 is 20.3 Å². The molecule has 2 aromatic carbocycles. The molecule has 0 unspecified atom stereocenters. The maximum Gasteiger partial charge on any atom is 0.256 e. The summed E-state index contributed by atoms with van der Waals surface area (Å²) in [6.45, 7) is 3.88. The molecule has 12 nitrogen and oxygen atoms in total. The number of anilines is 4. The van der Waals surface area contributed by atoms with Gasteiger partial charge in [-0.05, 0) is 56.3 Å². The molecule has 47 heavy (non-hydrogen) atoms. The summed E-state index contributed by atoms with van der Waals surface area (Å²) in [6.07, 6.45) is 12.5. The Bertz CT molecular complexity index is 1960. The van der Waals surface area contributed by atoms with Crippen LogP contribution in [0.15, 0.2) is 123 Å². The number of nitrogens with zero attached hydrogens (tertiary/aromatic N) is 7. The average Bonchev–Trinajstić information content (AvgIpc) is 3.09. The van der Waals surface area contributed by atoms with E-state index in [0.29, 0.717) is 28.5 Å². The van der Waals surface area contributed by atoms with Crippen LogP contribution in [0.3, 0.4) is 0 Å². The summed E-state index contributed by atoms with van der Waals surface area (Å²) in [5.41, 5.74) is 5.08. The minimum Gasteiger partial charge on any atom is -0.434 e. The Kier molecular flexibility index (Phi) is 10.5. The summed E-state index contributed by atoms with van der Waals surface area (Å²) in [4.78, 5) is 50.8. The molecule has 0 spiro atoms. The van der Waals surface area contributed by atoms with Crippen LogP contribution in [-0.4, -0.2) is 48.8 Å². The molecule has 6 rings (SSSR count). The first kappa shape index (κ1) is 31.9. The van der Waals surface area contributed by atoms with E-state index in [4.69, 9.17) is 4.74 Å². The van der Waals surface area contributed by atoms with Crippen LogP contribution in [0.4, 0.5) is 23.0 Å². The fourth-order valence-electron chi connectivity index (χ4n) is 4.26. The zero-order valence-corrected chi connectivity index (χ0v) is 25.9. The number of benzene rings is 2. The average molecular weight is 626 g/mol. The van der Waals surface area contributed by atoms with Crippen LogP contribution in [0, 0.1) is 13.8 Å². The van der Waals surface area contributed by atoms with Crippen LogP contribution in [0.1, 0.15) is 31.8 Å². The van der Waals surface area contributed by atoms with E-state index in [2.05, 4.69) is 40.5 Å². The van der Waals surface area contributed by atoms with Gasteiger partial charge in [0.2, 0.25) is 5.88 Å². The molecular formula is C35H31N9O3. The third-order valence-electron chi connectivity index (χ3n) is 6.58. The lowest BCUT2D eigenvalue weighted by molar-refractivity contribution is 0.101. The summed E-state index contributed by atoms with van der Waals surface area (Å²) in [5.74, 6) is 1.04. The Balaban J connectivity index is 0.000000185. The highest BCUT2D eigenvalue weighted by Crippen LogP contribution is 2.24. The van der Waals surface area contributed by atoms with E-state index in [1.165, 1.54) is 31.1 Å². The van der Waals surface area contributed by atoms with E-state index in [1.54, 1.807) is 36.8 Å². The summed E-state index contributed by atoms with van der Waals surface area (Å²) in [5, 5.41) is 5.53. The highest BCUT2D eigenvalue weighted by atomic mass is 16.5.